The monoisotopic (exact) mass is 401 g/mol. The molecule has 5 nitrogen and oxygen atoms in total. The van der Waals surface area contributed by atoms with Crippen molar-refractivity contribution in [2.45, 2.75) is 32.6 Å². The van der Waals surface area contributed by atoms with Crippen molar-refractivity contribution in [2.75, 3.05) is 26.0 Å². The number of carbonyl (C=O) groups excluding carboxylic acids is 1. The van der Waals surface area contributed by atoms with Gasteiger partial charge in [0.15, 0.2) is 5.75 Å². The van der Waals surface area contributed by atoms with Crippen molar-refractivity contribution in [1.29, 1.82) is 0 Å². The highest BCUT2D eigenvalue weighted by molar-refractivity contribution is 7.89. The molecule has 0 bridgehead atoms. The summed E-state index contributed by atoms with van der Waals surface area (Å²) in [7, 11) is -2.40. The molecule has 0 aromatic heterocycles. The smallest absolute Gasteiger partial charge is 0.322 e. The molecule has 0 aliphatic carbocycles. The fourth-order valence-electron chi connectivity index (χ4n) is 3.84. The molecule has 2 aromatic carbocycles. The van der Waals surface area contributed by atoms with Crippen LogP contribution in [0, 0.1) is 13.8 Å². The zero-order valence-electron chi connectivity index (χ0n) is 16.6. The summed E-state index contributed by atoms with van der Waals surface area (Å²) in [6, 6.07) is 15.0. The van der Waals surface area contributed by atoms with Crippen molar-refractivity contribution in [3.05, 3.63) is 59.2 Å². The standard InChI is InChI=1S/C22H27NO4S/c1-16-5-4-6-20(13-16)21-8-7-19(14-17(21)2)18-9-11-23(12-10-18)28(25,26)15-22(24)27-3/h4-8,13-14,18H,9-12,15H2,1-3H3. The van der Waals surface area contributed by atoms with Crippen molar-refractivity contribution in [3.63, 3.8) is 0 Å². The van der Waals surface area contributed by atoms with Gasteiger partial charge < -0.3 is 4.74 Å². The van der Waals surface area contributed by atoms with Crippen molar-refractivity contribution in [2.24, 2.45) is 0 Å². The lowest BCUT2D eigenvalue weighted by atomic mass is 9.87. The van der Waals surface area contributed by atoms with Crippen LogP contribution in [0.15, 0.2) is 42.5 Å². The normalized spacial score (nSPS) is 16.1. The van der Waals surface area contributed by atoms with Crippen molar-refractivity contribution in [1.82, 2.24) is 4.31 Å². The van der Waals surface area contributed by atoms with Crippen molar-refractivity contribution < 1.29 is 17.9 Å². The number of hydrogen-bond donors (Lipinski definition) is 0. The second kappa shape index (κ2) is 8.45. The third-order valence-corrected chi connectivity index (χ3v) is 7.18. The van der Waals surface area contributed by atoms with Crippen LogP contribution < -0.4 is 0 Å². The molecule has 0 radical (unpaired) electrons. The molecule has 0 unspecified atom stereocenters. The number of rotatable bonds is 5. The highest BCUT2D eigenvalue weighted by Gasteiger charge is 2.30. The maximum absolute atomic E-state index is 12.3. The molecule has 1 heterocycles. The molecule has 150 valence electrons. The minimum Gasteiger partial charge on any atom is -0.468 e. The van der Waals surface area contributed by atoms with Gasteiger partial charge in [0.25, 0.3) is 0 Å². The van der Waals surface area contributed by atoms with Gasteiger partial charge in [-0.05, 0) is 54.9 Å². The van der Waals surface area contributed by atoms with Crippen molar-refractivity contribution in [3.8, 4) is 11.1 Å². The van der Waals surface area contributed by atoms with E-state index >= 15 is 0 Å². The molecular weight excluding hydrogens is 374 g/mol. The van der Waals surface area contributed by atoms with Gasteiger partial charge in [0.05, 0.1) is 7.11 Å². The average Bonchev–Trinajstić information content (AvgIpc) is 2.67. The van der Waals surface area contributed by atoms with Gasteiger partial charge in [0.1, 0.15) is 0 Å². The summed E-state index contributed by atoms with van der Waals surface area (Å²) in [6.07, 6.45) is 1.51. The molecule has 0 amide bonds. The van der Waals surface area contributed by atoms with E-state index in [-0.39, 0.29) is 0 Å². The van der Waals surface area contributed by atoms with Crippen molar-refractivity contribution >= 4 is 16.0 Å². The van der Waals surface area contributed by atoms with Gasteiger partial charge in [-0.25, -0.2) is 12.7 Å². The van der Waals surface area contributed by atoms with Gasteiger partial charge in [-0.1, -0.05) is 48.0 Å². The molecule has 0 atom stereocenters. The maximum Gasteiger partial charge on any atom is 0.322 e. The Morgan fingerprint density at radius 1 is 1.11 bits per heavy atom. The summed E-state index contributed by atoms with van der Waals surface area (Å²) in [5, 5.41) is 0. The van der Waals surface area contributed by atoms with Crippen LogP contribution in [0.25, 0.3) is 11.1 Å². The largest absolute Gasteiger partial charge is 0.468 e. The average molecular weight is 402 g/mol. The Morgan fingerprint density at radius 3 is 2.43 bits per heavy atom. The number of piperidine rings is 1. The van der Waals surface area contributed by atoms with E-state index in [4.69, 9.17) is 0 Å². The Balaban J connectivity index is 1.70. The highest BCUT2D eigenvalue weighted by atomic mass is 32.2. The van der Waals surface area contributed by atoms with Crippen LogP contribution in [0.5, 0.6) is 0 Å². The number of methoxy groups -OCH3 is 1. The van der Waals surface area contributed by atoms with Gasteiger partial charge in [0.2, 0.25) is 10.0 Å². The topological polar surface area (TPSA) is 63.7 Å². The van der Waals surface area contributed by atoms with E-state index in [0.29, 0.717) is 19.0 Å². The second-order valence-electron chi connectivity index (χ2n) is 7.45. The minimum atomic E-state index is -3.60. The SMILES string of the molecule is COC(=O)CS(=O)(=O)N1CCC(c2ccc(-c3cccc(C)c3)c(C)c2)CC1. The first-order chi connectivity index (χ1) is 13.3. The van der Waals surface area contributed by atoms with E-state index in [2.05, 4.69) is 61.0 Å². The lowest BCUT2D eigenvalue weighted by Crippen LogP contribution is -2.40. The van der Waals surface area contributed by atoms with Gasteiger partial charge in [-0.15, -0.1) is 0 Å². The lowest BCUT2D eigenvalue weighted by molar-refractivity contribution is -0.137. The van der Waals surface area contributed by atoms with E-state index in [1.54, 1.807) is 0 Å². The molecule has 3 rings (SSSR count). The Kier molecular flexibility index (Phi) is 6.20. The quantitative estimate of drug-likeness (QED) is 0.718. The highest BCUT2D eigenvalue weighted by Crippen LogP contribution is 2.33. The fourth-order valence-corrected chi connectivity index (χ4v) is 5.21. The lowest BCUT2D eigenvalue weighted by Gasteiger charge is -2.31. The third-order valence-electron chi connectivity index (χ3n) is 5.43. The molecule has 28 heavy (non-hydrogen) atoms. The molecule has 1 aliphatic heterocycles. The predicted octanol–water partition coefficient (Wildman–Crippen LogP) is 3.65. The summed E-state index contributed by atoms with van der Waals surface area (Å²) in [4.78, 5) is 11.3. The first-order valence-corrected chi connectivity index (χ1v) is 11.1. The number of aryl methyl sites for hydroxylation is 2. The molecular formula is C22H27NO4S. The predicted molar refractivity (Wildman–Crippen MR) is 111 cm³/mol. The number of hydrogen-bond acceptors (Lipinski definition) is 4. The minimum absolute atomic E-state index is 0.329. The van der Waals surface area contributed by atoms with Gasteiger partial charge >= 0.3 is 5.97 Å². The number of sulfonamides is 1. The molecule has 1 saturated heterocycles. The Morgan fingerprint density at radius 2 is 1.82 bits per heavy atom. The number of nitrogens with zero attached hydrogens (tertiary/aromatic N) is 1. The molecule has 6 heteroatoms. The Labute approximate surface area is 167 Å². The summed E-state index contributed by atoms with van der Waals surface area (Å²) in [5.74, 6) is -0.974. The van der Waals surface area contributed by atoms with Gasteiger partial charge in [-0.3, -0.25) is 4.79 Å². The van der Waals surface area contributed by atoms with Gasteiger partial charge in [0, 0.05) is 13.1 Å². The molecule has 0 saturated carbocycles. The zero-order chi connectivity index (χ0) is 20.3. The van der Waals surface area contributed by atoms with E-state index in [9.17, 15) is 13.2 Å². The molecule has 0 N–H and O–H groups in total. The van der Waals surface area contributed by atoms with E-state index in [0.717, 1.165) is 12.8 Å². The fraction of sp³-hybridized carbons (Fsp3) is 0.409. The number of esters is 1. The molecule has 0 spiro atoms. The van der Waals surface area contributed by atoms with E-state index in [1.807, 2.05) is 0 Å². The van der Waals surface area contributed by atoms with E-state index < -0.39 is 21.7 Å². The zero-order valence-corrected chi connectivity index (χ0v) is 17.5. The van der Waals surface area contributed by atoms with Crippen LogP contribution in [0.2, 0.25) is 0 Å². The van der Waals surface area contributed by atoms with Crippen LogP contribution in [-0.2, 0) is 19.6 Å². The molecule has 2 aromatic rings. The van der Waals surface area contributed by atoms with Crippen LogP contribution in [-0.4, -0.2) is 44.6 Å². The summed E-state index contributed by atoms with van der Waals surface area (Å²) >= 11 is 0. The van der Waals surface area contributed by atoms with Crippen LogP contribution in [0.4, 0.5) is 0 Å². The van der Waals surface area contributed by atoms with Crippen LogP contribution in [0.3, 0.4) is 0 Å². The third kappa shape index (κ3) is 4.62. The van der Waals surface area contributed by atoms with Crippen LogP contribution >= 0.6 is 0 Å². The van der Waals surface area contributed by atoms with Gasteiger partial charge in [-0.2, -0.15) is 0 Å². The number of ether oxygens (including phenoxy) is 1. The summed E-state index contributed by atoms with van der Waals surface area (Å²) in [5.41, 5.74) is 6.16. The molecule has 1 aliphatic rings. The van der Waals surface area contributed by atoms with Crippen LogP contribution in [0.1, 0.15) is 35.4 Å². The van der Waals surface area contributed by atoms with E-state index in [1.165, 1.54) is 39.2 Å². The Hall–Kier alpha value is -2.18. The Bertz CT molecular complexity index is 960. The first-order valence-electron chi connectivity index (χ1n) is 9.52. The first kappa shape index (κ1) is 20.6. The second-order valence-corrected chi connectivity index (χ2v) is 9.42. The molecule has 1 fully saturated rings. The summed E-state index contributed by atoms with van der Waals surface area (Å²) in [6.45, 7) is 5.08. The number of benzene rings is 2. The maximum atomic E-state index is 12.3. The summed E-state index contributed by atoms with van der Waals surface area (Å²) < 4.78 is 30.5. The number of carbonyl (C=O) groups is 1.